The number of aromatic nitrogens is 4. The Hall–Kier alpha value is -3.36. The summed E-state index contributed by atoms with van der Waals surface area (Å²) in [5.41, 5.74) is 1.45. The molecule has 0 aliphatic carbocycles. The molecule has 0 spiro atoms. The van der Waals surface area contributed by atoms with Crippen molar-refractivity contribution >= 4 is 11.6 Å². The highest BCUT2D eigenvalue weighted by atomic mass is 19.3. The molecule has 0 aliphatic heterocycles. The minimum atomic E-state index is -2.91. The van der Waals surface area contributed by atoms with E-state index in [2.05, 4.69) is 25.6 Å². The van der Waals surface area contributed by atoms with Crippen LogP contribution in [0, 0.1) is 0 Å². The molecule has 0 aliphatic rings. The fourth-order valence-corrected chi connectivity index (χ4v) is 2.36. The van der Waals surface area contributed by atoms with Crippen LogP contribution in [-0.2, 0) is 6.42 Å². The van der Waals surface area contributed by atoms with Gasteiger partial charge in [0, 0.05) is 12.0 Å². The van der Waals surface area contributed by atoms with Gasteiger partial charge >= 0.3 is 6.61 Å². The molecule has 3 rings (SSSR count). The molecule has 3 aromatic rings. The molecule has 1 amide bonds. The van der Waals surface area contributed by atoms with Crippen LogP contribution in [0.25, 0.3) is 5.69 Å². The minimum absolute atomic E-state index is 0.0155. The van der Waals surface area contributed by atoms with E-state index in [0.29, 0.717) is 29.2 Å². The highest BCUT2D eigenvalue weighted by Crippen LogP contribution is 2.22. The largest absolute Gasteiger partial charge is 0.435 e. The van der Waals surface area contributed by atoms with E-state index in [0.717, 1.165) is 0 Å². The lowest BCUT2D eigenvalue weighted by molar-refractivity contribution is -0.0498. The minimum Gasteiger partial charge on any atom is -0.435 e. The van der Waals surface area contributed by atoms with E-state index in [1.54, 1.807) is 22.9 Å². The zero-order valence-corrected chi connectivity index (χ0v) is 13.8. The van der Waals surface area contributed by atoms with Crippen LogP contribution in [-0.4, -0.2) is 32.7 Å². The van der Waals surface area contributed by atoms with Crippen molar-refractivity contribution in [1.29, 1.82) is 0 Å². The molecular formula is C17H15F2N5O2. The van der Waals surface area contributed by atoms with Gasteiger partial charge in [-0.25, -0.2) is 0 Å². The summed E-state index contributed by atoms with van der Waals surface area (Å²) < 4.78 is 30.2. The first kappa shape index (κ1) is 17.5. The Kier molecular flexibility index (Phi) is 5.16. The molecule has 26 heavy (non-hydrogen) atoms. The van der Waals surface area contributed by atoms with Crippen LogP contribution in [0.5, 0.6) is 5.75 Å². The number of alkyl halides is 2. The lowest BCUT2D eigenvalue weighted by atomic mass is 10.2. The summed E-state index contributed by atoms with van der Waals surface area (Å²) in [6.45, 7) is -0.988. The average molecular weight is 359 g/mol. The van der Waals surface area contributed by atoms with E-state index in [4.69, 9.17) is 0 Å². The fourth-order valence-electron chi connectivity index (χ4n) is 2.36. The predicted molar refractivity (Wildman–Crippen MR) is 89.6 cm³/mol. The summed E-state index contributed by atoms with van der Waals surface area (Å²) in [6, 6.07) is 12.5. The number of nitrogens with zero attached hydrogens (tertiary/aromatic N) is 4. The Bertz CT molecular complexity index is 896. The number of para-hydroxylation sites is 2. The fraction of sp³-hybridized carbons (Fsp3) is 0.176. The van der Waals surface area contributed by atoms with E-state index in [1.807, 2.05) is 13.0 Å². The molecule has 0 saturated heterocycles. The van der Waals surface area contributed by atoms with Gasteiger partial charge in [0.1, 0.15) is 5.75 Å². The van der Waals surface area contributed by atoms with Gasteiger partial charge in [0.25, 0.3) is 5.91 Å². The predicted octanol–water partition coefficient (Wildman–Crippen LogP) is 3.08. The van der Waals surface area contributed by atoms with Crippen LogP contribution in [0.4, 0.5) is 14.5 Å². The normalized spacial score (nSPS) is 10.8. The van der Waals surface area contributed by atoms with Gasteiger partial charge in [-0.05, 0) is 46.8 Å². The summed E-state index contributed by atoms with van der Waals surface area (Å²) in [6.07, 6.45) is 0.626. The number of ether oxygens (including phenoxy) is 1. The van der Waals surface area contributed by atoms with Crippen LogP contribution in [0.3, 0.4) is 0 Å². The van der Waals surface area contributed by atoms with Gasteiger partial charge in [0.15, 0.2) is 5.82 Å². The zero-order chi connectivity index (χ0) is 18.5. The molecule has 2 aromatic carbocycles. The molecule has 0 fully saturated rings. The first-order valence-electron chi connectivity index (χ1n) is 7.81. The smallest absolute Gasteiger partial charge is 0.387 e. The number of hydrogen-bond donors (Lipinski definition) is 1. The van der Waals surface area contributed by atoms with Gasteiger partial charge in [-0.2, -0.15) is 13.5 Å². The van der Waals surface area contributed by atoms with Gasteiger partial charge in [0.2, 0.25) is 0 Å². The summed E-state index contributed by atoms with van der Waals surface area (Å²) in [4.78, 5) is 12.5. The highest BCUT2D eigenvalue weighted by molar-refractivity contribution is 6.05. The van der Waals surface area contributed by atoms with Gasteiger partial charge < -0.3 is 10.1 Å². The monoisotopic (exact) mass is 359 g/mol. The van der Waals surface area contributed by atoms with E-state index >= 15 is 0 Å². The molecule has 0 atom stereocenters. The quantitative estimate of drug-likeness (QED) is 0.731. The molecule has 0 unspecified atom stereocenters. The number of amides is 1. The number of tetrazole rings is 1. The third-order valence-electron chi connectivity index (χ3n) is 3.57. The molecule has 0 radical (unpaired) electrons. The Morgan fingerprint density at radius 1 is 1.19 bits per heavy atom. The molecule has 7 nitrogen and oxygen atoms in total. The van der Waals surface area contributed by atoms with Crippen LogP contribution in [0.2, 0.25) is 0 Å². The Labute approximate surface area is 147 Å². The second-order valence-corrected chi connectivity index (χ2v) is 5.23. The second-order valence-electron chi connectivity index (χ2n) is 5.23. The van der Waals surface area contributed by atoms with E-state index < -0.39 is 12.5 Å². The zero-order valence-electron chi connectivity index (χ0n) is 13.8. The van der Waals surface area contributed by atoms with Crippen LogP contribution in [0.15, 0.2) is 48.5 Å². The average Bonchev–Trinajstić information content (AvgIpc) is 3.11. The third-order valence-corrected chi connectivity index (χ3v) is 3.57. The number of carbonyl (C=O) groups is 1. The van der Waals surface area contributed by atoms with E-state index in [-0.39, 0.29) is 5.75 Å². The molecule has 0 saturated carbocycles. The lowest BCUT2D eigenvalue weighted by Gasteiger charge is -2.12. The number of anilines is 1. The number of aryl methyl sites for hydroxylation is 1. The molecule has 1 heterocycles. The number of rotatable bonds is 6. The third kappa shape index (κ3) is 3.82. The van der Waals surface area contributed by atoms with Crippen molar-refractivity contribution < 1.29 is 18.3 Å². The Morgan fingerprint density at radius 3 is 2.62 bits per heavy atom. The second kappa shape index (κ2) is 7.68. The molecule has 9 heteroatoms. The summed E-state index contributed by atoms with van der Waals surface area (Å²) >= 11 is 0. The van der Waals surface area contributed by atoms with Crippen molar-refractivity contribution in [3.8, 4) is 11.4 Å². The van der Waals surface area contributed by atoms with Gasteiger partial charge in [-0.15, -0.1) is 5.10 Å². The van der Waals surface area contributed by atoms with Crippen molar-refractivity contribution in [2.45, 2.75) is 20.0 Å². The van der Waals surface area contributed by atoms with Crippen molar-refractivity contribution in [1.82, 2.24) is 20.2 Å². The molecule has 1 N–H and O–H groups in total. The highest BCUT2D eigenvalue weighted by Gasteiger charge is 2.14. The summed E-state index contributed by atoms with van der Waals surface area (Å²) in [5.74, 6) is 0.241. The standard InChI is InChI=1S/C17H15F2N5O2/c1-2-15-21-22-23-24(15)14-6-4-3-5-13(14)20-16(25)11-7-9-12(10-8-11)26-17(18)19/h3-10,17H,2H2,1H3,(H,20,25). The summed E-state index contributed by atoms with van der Waals surface area (Å²) in [7, 11) is 0. The molecule has 134 valence electrons. The molecule has 1 aromatic heterocycles. The number of halogens is 2. The number of carbonyl (C=O) groups excluding carboxylic acids is 1. The SMILES string of the molecule is CCc1nnnn1-c1ccccc1NC(=O)c1ccc(OC(F)F)cc1. The number of benzene rings is 2. The molecule has 0 bridgehead atoms. The van der Waals surface area contributed by atoms with Crippen molar-refractivity contribution in [3.05, 3.63) is 59.9 Å². The van der Waals surface area contributed by atoms with Crippen LogP contribution >= 0.6 is 0 Å². The topological polar surface area (TPSA) is 81.9 Å². The van der Waals surface area contributed by atoms with Crippen molar-refractivity contribution in [3.63, 3.8) is 0 Å². The van der Waals surface area contributed by atoms with Crippen LogP contribution < -0.4 is 10.1 Å². The summed E-state index contributed by atoms with van der Waals surface area (Å²) in [5, 5.41) is 14.3. The Morgan fingerprint density at radius 2 is 1.92 bits per heavy atom. The molecular weight excluding hydrogens is 344 g/mol. The number of hydrogen-bond acceptors (Lipinski definition) is 5. The van der Waals surface area contributed by atoms with E-state index in [9.17, 15) is 13.6 Å². The van der Waals surface area contributed by atoms with Crippen molar-refractivity contribution in [2.24, 2.45) is 0 Å². The lowest BCUT2D eigenvalue weighted by Crippen LogP contribution is -2.15. The van der Waals surface area contributed by atoms with Gasteiger partial charge in [-0.3, -0.25) is 4.79 Å². The maximum atomic E-state index is 12.5. The maximum absolute atomic E-state index is 12.5. The van der Waals surface area contributed by atoms with E-state index in [1.165, 1.54) is 24.3 Å². The number of nitrogens with one attached hydrogen (secondary N) is 1. The van der Waals surface area contributed by atoms with Gasteiger partial charge in [0.05, 0.1) is 11.4 Å². The Balaban J connectivity index is 1.82. The van der Waals surface area contributed by atoms with Crippen LogP contribution in [0.1, 0.15) is 23.1 Å². The van der Waals surface area contributed by atoms with Gasteiger partial charge in [-0.1, -0.05) is 19.1 Å². The van der Waals surface area contributed by atoms with Crippen molar-refractivity contribution in [2.75, 3.05) is 5.32 Å². The first-order valence-corrected chi connectivity index (χ1v) is 7.81. The first-order chi connectivity index (χ1) is 12.6. The maximum Gasteiger partial charge on any atom is 0.387 e.